The molecule has 0 amide bonds. The van der Waals surface area contributed by atoms with Crippen molar-refractivity contribution in [2.24, 2.45) is 5.92 Å². The number of nitrogens with zero attached hydrogens (tertiary/aromatic N) is 4. The smallest absolute Gasteiger partial charge is 0.227 e. The van der Waals surface area contributed by atoms with Crippen molar-refractivity contribution in [3.05, 3.63) is 355 Å². The molecule has 0 saturated carbocycles. The molecule has 2 atom stereocenters. The van der Waals surface area contributed by atoms with E-state index in [1.807, 2.05) is 0 Å². The Balaban J connectivity index is 0.573. The van der Waals surface area contributed by atoms with Crippen LogP contribution in [0.2, 0.25) is 0 Å². The van der Waals surface area contributed by atoms with Crippen molar-refractivity contribution in [3.63, 3.8) is 0 Å². The Morgan fingerprint density at radius 1 is 0.350 bits per heavy atom. The molecule has 4 heterocycles. The molecule has 18 aromatic rings. The second kappa shape index (κ2) is 25.1. The van der Waals surface area contributed by atoms with Gasteiger partial charge in [0.15, 0.2) is 11.2 Å². The predicted molar refractivity (Wildman–Crippen MR) is 427 cm³/mol. The summed E-state index contributed by atoms with van der Waals surface area (Å²) in [6.07, 6.45) is 5.68. The van der Waals surface area contributed by atoms with Crippen molar-refractivity contribution in [1.82, 2.24) is 19.1 Å². The van der Waals surface area contributed by atoms with Gasteiger partial charge < -0.3 is 18.0 Å². The number of oxazole rings is 2. The Morgan fingerprint density at radius 2 is 0.767 bits per heavy atom. The van der Waals surface area contributed by atoms with Gasteiger partial charge in [-0.1, -0.05) is 256 Å². The zero-order chi connectivity index (χ0) is 68.8. The van der Waals surface area contributed by atoms with Gasteiger partial charge in [-0.3, -0.25) is 0 Å². The van der Waals surface area contributed by atoms with Crippen LogP contribution in [0.15, 0.2) is 330 Å². The van der Waals surface area contributed by atoms with Crippen LogP contribution in [0.4, 0.5) is 0 Å². The van der Waals surface area contributed by atoms with E-state index in [0.29, 0.717) is 17.7 Å². The lowest BCUT2D eigenvalue weighted by Gasteiger charge is -2.18. The third-order valence-corrected chi connectivity index (χ3v) is 21.4. The average molecular weight is 1320 g/mol. The van der Waals surface area contributed by atoms with Crippen LogP contribution in [0.25, 0.3) is 173 Å². The standard InChI is InChI=1S/C97H70N4O2/c1-60-29-50-75(62(3)55-60)72-45-54-89-95(59-72)103-97(99-89)69-37-33-65(34-38-69)77-18-6-10-22-81(77)83-24-12-8-20-79(83)67-41-48-74(49-42-67)101-91-28-16-14-26-85(91)87-52-43-70(57-93(87)101)63(4)71-44-53-88-94(58-71)102-96(98-88)68-35-31-64(32-36-68)76-17-5-9-21-80(76)82-23-11-7-19-78(82)66-39-46-73(47-40-66)100-90-27-15-13-25-84(90)86-51-30-61(2)56-92(86)100/h5-55,57-59,61,63H,56H2,1-4H3. The molecule has 0 fully saturated rings. The number of para-hydroxylation sites is 2. The molecule has 103 heavy (non-hydrogen) atoms. The van der Waals surface area contributed by atoms with Gasteiger partial charge in [-0.25, -0.2) is 9.97 Å². The lowest BCUT2D eigenvalue weighted by molar-refractivity contribution is 0.619. The van der Waals surface area contributed by atoms with E-state index in [2.05, 4.69) is 364 Å². The number of rotatable bonds is 13. The van der Waals surface area contributed by atoms with Crippen molar-refractivity contribution < 1.29 is 8.83 Å². The van der Waals surface area contributed by atoms with E-state index >= 15 is 0 Å². The van der Waals surface area contributed by atoms with Crippen LogP contribution in [-0.4, -0.2) is 19.1 Å². The van der Waals surface area contributed by atoms with Crippen LogP contribution in [0.3, 0.4) is 0 Å². The Kier molecular flexibility index (Phi) is 14.9. The largest absolute Gasteiger partial charge is 0.436 e. The summed E-state index contributed by atoms with van der Waals surface area (Å²) < 4.78 is 18.0. The van der Waals surface area contributed by atoms with Crippen molar-refractivity contribution in [2.75, 3.05) is 0 Å². The summed E-state index contributed by atoms with van der Waals surface area (Å²) in [7, 11) is 0. The average Bonchev–Trinajstić information content (AvgIpc) is 1.61. The van der Waals surface area contributed by atoms with Crippen LogP contribution in [0, 0.1) is 19.8 Å². The molecule has 6 nitrogen and oxygen atoms in total. The third kappa shape index (κ3) is 10.8. The van der Waals surface area contributed by atoms with Crippen LogP contribution in [-0.2, 0) is 6.42 Å². The molecule has 19 rings (SSSR count). The Hall–Kier alpha value is -12.9. The minimum Gasteiger partial charge on any atom is -0.436 e. The summed E-state index contributed by atoms with van der Waals surface area (Å²) in [4.78, 5) is 9.97. The highest BCUT2D eigenvalue weighted by molar-refractivity contribution is 6.10. The highest BCUT2D eigenvalue weighted by Crippen LogP contribution is 2.45. The lowest BCUT2D eigenvalue weighted by Crippen LogP contribution is -2.08. The number of hydrogen-bond donors (Lipinski definition) is 0. The van der Waals surface area contributed by atoms with Gasteiger partial charge in [0.1, 0.15) is 11.0 Å². The fraction of sp³-hybridized carbons (Fsp3) is 0.0722. The molecule has 6 heteroatoms. The molecule has 490 valence electrons. The summed E-state index contributed by atoms with van der Waals surface area (Å²) in [6.45, 7) is 8.88. The maximum Gasteiger partial charge on any atom is 0.227 e. The molecule has 4 aromatic heterocycles. The van der Waals surface area contributed by atoms with Gasteiger partial charge in [-0.2, -0.15) is 0 Å². The fourth-order valence-electron chi connectivity index (χ4n) is 16.1. The van der Waals surface area contributed by atoms with E-state index in [9.17, 15) is 0 Å². The normalized spacial score (nSPS) is 13.2. The van der Waals surface area contributed by atoms with E-state index in [-0.39, 0.29) is 5.92 Å². The molecule has 0 aliphatic heterocycles. The fourth-order valence-corrected chi connectivity index (χ4v) is 16.1. The van der Waals surface area contributed by atoms with E-state index in [1.165, 1.54) is 94.3 Å². The molecule has 14 aromatic carbocycles. The van der Waals surface area contributed by atoms with E-state index in [0.717, 1.165) is 101 Å². The zero-order valence-corrected chi connectivity index (χ0v) is 57.6. The first-order chi connectivity index (χ1) is 50.7. The Bertz CT molecular complexity index is 6380. The SMILES string of the molecule is Cc1ccc(-c2ccc3nc(-c4ccc(-c5ccccc5-c5ccccc5-c5ccc(-n6c7ccccc7c7ccc(C(C)c8ccc9nc(-c%10ccc(-c%11ccccc%11-c%11ccccc%11-c%11ccc(-n%12c%13c(c%14ccccc%14%12)C=CC(C)C%13)cc%11)cc%10)oc9c8)cc76)cc5)cc4)oc3c2)c(C)c1. The van der Waals surface area contributed by atoms with Gasteiger partial charge in [0.2, 0.25) is 11.8 Å². The summed E-state index contributed by atoms with van der Waals surface area (Å²) in [5, 5.41) is 3.74. The second-order valence-electron chi connectivity index (χ2n) is 27.8. The number of allylic oxidation sites excluding steroid dienone is 1. The molecule has 0 N–H and O–H groups in total. The Morgan fingerprint density at radius 3 is 1.31 bits per heavy atom. The first-order valence-corrected chi connectivity index (χ1v) is 35.7. The van der Waals surface area contributed by atoms with Crippen LogP contribution in [0.5, 0.6) is 0 Å². The van der Waals surface area contributed by atoms with Crippen LogP contribution >= 0.6 is 0 Å². The van der Waals surface area contributed by atoms with Gasteiger partial charge in [0, 0.05) is 55.8 Å². The number of hydrogen-bond acceptors (Lipinski definition) is 4. The quantitative estimate of drug-likeness (QED) is 0.115. The molecular weight excluding hydrogens is 1250 g/mol. The van der Waals surface area contributed by atoms with E-state index < -0.39 is 0 Å². The van der Waals surface area contributed by atoms with Crippen LogP contribution in [0.1, 0.15) is 53.3 Å². The molecular formula is C97H70N4O2. The van der Waals surface area contributed by atoms with Gasteiger partial charge >= 0.3 is 0 Å². The van der Waals surface area contributed by atoms with Gasteiger partial charge in [0.25, 0.3) is 0 Å². The van der Waals surface area contributed by atoms with Crippen LogP contribution < -0.4 is 0 Å². The maximum atomic E-state index is 6.67. The van der Waals surface area contributed by atoms with Crippen molar-refractivity contribution in [2.45, 2.75) is 40.0 Å². The first-order valence-electron chi connectivity index (χ1n) is 35.7. The predicted octanol–water partition coefficient (Wildman–Crippen LogP) is 26.0. The summed E-state index contributed by atoms with van der Waals surface area (Å²) in [5.41, 5.74) is 34.8. The molecule has 1 aliphatic rings. The van der Waals surface area contributed by atoms with Crippen molar-refractivity contribution >= 4 is 61.0 Å². The molecule has 0 spiro atoms. The number of benzene rings is 14. The third-order valence-electron chi connectivity index (χ3n) is 21.4. The van der Waals surface area contributed by atoms with Gasteiger partial charge in [-0.15, -0.1) is 0 Å². The monoisotopic (exact) mass is 1320 g/mol. The lowest BCUT2D eigenvalue weighted by atomic mass is 9.89. The molecule has 0 bridgehead atoms. The zero-order valence-electron chi connectivity index (χ0n) is 57.6. The second-order valence-corrected chi connectivity index (χ2v) is 27.8. The maximum absolute atomic E-state index is 6.67. The highest BCUT2D eigenvalue weighted by atomic mass is 16.4. The number of aryl methyl sites for hydroxylation is 2. The van der Waals surface area contributed by atoms with Gasteiger partial charge in [0.05, 0.1) is 16.6 Å². The number of aromatic nitrogens is 4. The topological polar surface area (TPSA) is 61.9 Å². The van der Waals surface area contributed by atoms with E-state index in [4.69, 9.17) is 18.8 Å². The Labute approximate surface area is 598 Å². The molecule has 0 saturated heterocycles. The minimum atomic E-state index is 0.0618. The number of fused-ring (bicyclic) bond motifs is 8. The van der Waals surface area contributed by atoms with Crippen molar-refractivity contribution in [3.8, 4) is 112 Å². The minimum absolute atomic E-state index is 0.0618. The highest BCUT2D eigenvalue weighted by Gasteiger charge is 2.24. The van der Waals surface area contributed by atoms with E-state index in [1.54, 1.807) is 0 Å². The summed E-state index contributed by atoms with van der Waals surface area (Å²) >= 11 is 0. The van der Waals surface area contributed by atoms with Crippen molar-refractivity contribution in [1.29, 1.82) is 0 Å². The van der Waals surface area contributed by atoms with Gasteiger partial charge in [-0.05, 0) is 212 Å². The molecule has 1 aliphatic carbocycles. The summed E-state index contributed by atoms with van der Waals surface area (Å²) in [5.74, 6) is 1.76. The molecule has 2 unspecified atom stereocenters. The molecule has 0 radical (unpaired) electrons. The summed E-state index contributed by atoms with van der Waals surface area (Å²) in [6, 6.07) is 114. The first kappa shape index (κ1) is 61.2.